The van der Waals surface area contributed by atoms with E-state index in [0.29, 0.717) is 11.6 Å². The van der Waals surface area contributed by atoms with Crippen LogP contribution in [-0.2, 0) is 16.1 Å². The first-order valence-corrected chi connectivity index (χ1v) is 12.5. The topological polar surface area (TPSA) is 256 Å². The highest BCUT2D eigenvalue weighted by molar-refractivity contribution is 5.68. The van der Waals surface area contributed by atoms with Gasteiger partial charge in [0.1, 0.15) is 29.6 Å². The van der Waals surface area contributed by atoms with Crippen LogP contribution in [0, 0.1) is 40.5 Å². The number of non-ortho nitro benzene ring substituents is 2. The molecule has 226 valence electrons. The van der Waals surface area contributed by atoms with Gasteiger partial charge < -0.3 is 30.3 Å². The van der Waals surface area contributed by atoms with Gasteiger partial charge in [-0.05, 0) is 17.7 Å². The van der Waals surface area contributed by atoms with Crippen molar-refractivity contribution in [3.05, 3.63) is 113 Å². The number of aliphatic hydroxyl groups excluding tert-OH is 2. The largest absolute Gasteiger partial charge is 0.394 e. The molecule has 0 aromatic heterocycles. The van der Waals surface area contributed by atoms with Gasteiger partial charge in [0.25, 0.3) is 22.7 Å². The first-order chi connectivity index (χ1) is 20.5. The molecule has 3 aromatic rings. The first kappa shape index (κ1) is 30.7. The zero-order chi connectivity index (χ0) is 31.3. The molecule has 0 aliphatic carbocycles. The van der Waals surface area contributed by atoms with Crippen LogP contribution in [0.3, 0.4) is 0 Å². The fraction of sp³-hybridized carbons (Fsp3) is 0.280. The van der Waals surface area contributed by atoms with E-state index in [1.54, 1.807) is 30.3 Å². The molecule has 0 bridgehead atoms. The maximum atomic E-state index is 11.8. The molecule has 1 aliphatic rings. The van der Waals surface area contributed by atoms with Gasteiger partial charge in [-0.15, -0.1) is 0 Å². The Morgan fingerprint density at radius 1 is 0.744 bits per heavy atom. The number of aliphatic hydroxyl groups is 2. The molecule has 0 radical (unpaired) electrons. The molecule has 5 atom stereocenters. The van der Waals surface area contributed by atoms with Gasteiger partial charge in [-0.2, -0.15) is 0 Å². The summed E-state index contributed by atoms with van der Waals surface area (Å²) in [7, 11) is 0. The minimum Gasteiger partial charge on any atom is -0.394 e. The summed E-state index contributed by atoms with van der Waals surface area (Å²) in [6, 6.07) is 11.7. The van der Waals surface area contributed by atoms with E-state index in [0.717, 1.165) is 30.3 Å². The van der Waals surface area contributed by atoms with E-state index in [2.05, 4.69) is 10.6 Å². The lowest BCUT2D eigenvalue weighted by Crippen LogP contribution is -2.64. The minimum absolute atomic E-state index is 0.0648. The molecule has 4 N–H and O–H groups in total. The molecule has 0 amide bonds. The van der Waals surface area contributed by atoms with Crippen LogP contribution in [0.1, 0.15) is 5.56 Å². The Morgan fingerprint density at radius 2 is 1.26 bits per heavy atom. The van der Waals surface area contributed by atoms with Crippen molar-refractivity contribution >= 4 is 34.1 Å². The normalized spacial score (nSPS) is 21.5. The maximum Gasteiger partial charge on any atom is 0.299 e. The molecule has 1 heterocycles. The Balaban J connectivity index is 1.78. The molecule has 1 saturated heterocycles. The summed E-state index contributed by atoms with van der Waals surface area (Å²) in [5.41, 5.74) is -2.36. The first-order valence-electron chi connectivity index (χ1n) is 12.5. The summed E-state index contributed by atoms with van der Waals surface area (Å²) in [5, 5.41) is 72.7. The van der Waals surface area contributed by atoms with Crippen LogP contribution in [0.4, 0.5) is 34.1 Å². The summed E-state index contributed by atoms with van der Waals surface area (Å²) in [4.78, 5) is 42.7. The van der Waals surface area contributed by atoms with Crippen molar-refractivity contribution in [1.29, 1.82) is 0 Å². The average molecular weight is 600 g/mol. The summed E-state index contributed by atoms with van der Waals surface area (Å²) < 4.78 is 11.7. The number of benzene rings is 3. The van der Waals surface area contributed by atoms with Gasteiger partial charge in [-0.1, -0.05) is 30.3 Å². The van der Waals surface area contributed by atoms with Crippen molar-refractivity contribution in [2.75, 3.05) is 17.2 Å². The highest BCUT2D eigenvalue weighted by Gasteiger charge is 2.47. The predicted molar refractivity (Wildman–Crippen MR) is 147 cm³/mol. The fourth-order valence-electron chi connectivity index (χ4n) is 4.50. The Hall–Kier alpha value is -5.30. The molecule has 0 saturated carbocycles. The standard InChI is InChI=1S/C25H24N6O12/c32-12-21-24(33)22(26-17-8-6-15(28(34)35)10-19(17)30(38)39)23(25(43-21)42-13-14-4-2-1-3-5-14)27-18-9-7-16(29(36)37)11-20(18)31(40)41/h1-11,21-27,32-33H,12-13H2/t21-,22-,23-,24-,25+/m1/s1. The van der Waals surface area contributed by atoms with E-state index in [9.17, 15) is 50.7 Å². The molecule has 4 rings (SSSR count). The Labute approximate surface area is 241 Å². The monoisotopic (exact) mass is 600 g/mol. The molecular weight excluding hydrogens is 576 g/mol. The molecule has 3 aromatic carbocycles. The Morgan fingerprint density at radius 3 is 1.72 bits per heavy atom. The van der Waals surface area contributed by atoms with E-state index >= 15 is 0 Å². The fourth-order valence-corrected chi connectivity index (χ4v) is 4.50. The molecule has 18 heteroatoms. The molecule has 18 nitrogen and oxygen atoms in total. The van der Waals surface area contributed by atoms with Crippen molar-refractivity contribution < 1.29 is 39.4 Å². The summed E-state index contributed by atoms with van der Waals surface area (Å²) in [6.45, 7) is -0.790. The summed E-state index contributed by atoms with van der Waals surface area (Å²) in [5.74, 6) is 0. The number of nitro benzene ring substituents is 4. The third-order valence-corrected chi connectivity index (χ3v) is 6.60. The molecule has 0 unspecified atom stereocenters. The van der Waals surface area contributed by atoms with Gasteiger partial charge in [0.2, 0.25) is 0 Å². The van der Waals surface area contributed by atoms with Crippen LogP contribution in [0.2, 0.25) is 0 Å². The van der Waals surface area contributed by atoms with Crippen molar-refractivity contribution in [3.63, 3.8) is 0 Å². The zero-order valence-corrected chi connectivity index (χ0v) is 21.9. The maximum absolute atomic E-state index is 11.8. The Kier molecular flexibility index (Phi) is 9.36. The van der Waals surface area contributed by atoms with E-state index in [1.165, 1.54) is 0 Å². The quantitative estimate of drug-likeness (QED) is 0.172. The number of hydrogen-bond acceptors (Lipinski definition) is 14. The lowest BCUT2D eigenvalue weighted by Gasteiger charge is -2.45. The third kappa shape index (κ3) is 6.96. The van der Waals surface area contributed by atoms with Gasteiger partial charge in [0, 0.05) is 12.1 Å². The molecule has 0 spiro atoms. The molecule has 43 heavy (non-hydrogen) atoms. The zero-order valence-electron chi connectivity index (χ0n) is 21.9. The number of rotatable bonds is 12. The summed E-state index contributed by atoms with van der Waals surface area (Å²) >= 11 is 0. The van der Waals surface area contributed by atoms with Crippen LogP contribution >= 0.6 is 0 Å². The lowest BCUT2D eigenvalue weighted by molar-refractivity contribution is -0.394. The van der Waals surface area contributed by atoms with Gasteiger partial charge in [-0.25, -0.2) is 0 Å². The SMILES string of the molecule is O=[N+]([O-])c1ccc(N[C@H]2[C@@H](OCc3ccccc3)O[C@H](CO)[C@@H](O)[C@@H]2Nc2ccc([N+](=O)[O-])cc2[N+](=O)[O-])c([N+](=O)[O-])c1. The molecule has 1 fully saturated rings. The van der Waals surface area contributed by atoms with Crippen LogP contribution in [0.25, 0.3) is 0 Å². The van der Waals surface area contributed by atoms with Crippen molar-refractivity contribution in [3.8, 4) is 0 Å². The predicted octanol–water partition coefficient (Wildman–Crippen LogP) is 2.88. The second kappa shape index (κ2) is 13.1. The van der Waals surface area contributed by atoms with Crippen LogP contribution < -0.4 is 10.6 Å². The number of ether oxygens (including phenoxy) is 2. The number of hydrogen-bond donors (Lipinski definition) is 4. The lowest BCUT2D eigenvalue weighted by atomic mass is 9.93. The highest BCUT2D eigenvalue weighted by atomic mass is 16.7. The second-order valence-corrected chi connectivity index (χ2v) is 9.28. The number of nitrogens with zero attached hydrogens (tertiary/aromatic N) is 4. The van der Waals surface area contributed by atoms with Crippen LogP contribution in [0.5, 0.6) is 0 Å². The van der Waals surface area contributed by atoms with E-state index < -0.39 is 79.6 Å². The third-order valence-electron chi connectivity index (χ3n) is 6.60. The minimum atomic E-state index is -1.62. The smallest absolute Gasteiger partial charge is 0.299 e. The van der Waals surface area contributed by atoms with Crippen molar-refractivity contribution in [2.45, 2.75) is 37.2 Å². The van der Waals surface area contributed by atoms with E-state index in [4.69, 9.17) is 9.47 Å². The average Bonchev–Trinajstić information content (AvgIpc) is 2.98. The second-order valence-electron chi connectivity index (χ2n) is 9.28. The number of nitrogens with one attached hydrogen (secondary N) is 2. The van der Waals surface area contributed by atoms with Gasteiger partial charge in [0.15, 0.2) is 6.29 Å². The van der Waals surface area contributed by atoms with Crippen molar-refractivity contribution in [2.24, 2.45) is 0 Å². The van der Waals surface area contributed by atoms with E-state index in [1.807, 2.05) is 0 Å². The van der Waals surface area contributed by atoms with Gasteiger partial charge in [0.05, 0.1) is 51.1 Å². The number of nitro groups is 4. The van der Waals surface area contributed by atoms with Crippen molar-refractivity contribution in [1.82, 2.24) is 0 Å². The number of anilines is 2. The van der Waals surface area contributed by atoms with Crippen LogP contribution in [0.15, 0.2) is 66.7 Å². The van der Waals surface area contributed by atoms with Gasteiger partial charge in [-0.3, -0.25) is 40.5 Å². The Bertz CT molecular complexity index is 1520. The molecular formula is C25H24N6O12. The highest BCUT2D eigenvalue weighted by Crippen LogP contribution is 2.36. The van der Waals surface area contributed by atoms with Gasteiger partial charge >= 0.3 is 0 Å². The van der Waals surface area contributed by atoms with E-state index in [-0.39, 0.29) is 18.0 Å². The molecule has 1 aliphatic heterocycles. The summed E-state index contributed by atoms with van der Waals surface area (Å²) in [6.07, 6.45) is -4.29. The van der Waals surface area contributed by atoms with Crippen LogP contribution in [-0.4, -0.2) is 67.1 Å².